The fraction of sp³-hybridized carbons (Fsp3) is 0.333. The van der Waals surface area contributed by atoms with E-state index in [9.17, 15) is 22.4 Å². The van der Waals surface area contributed by atoms with E-state index in [0.717, 1.165) is 22.5 Å². The van der Waals surface area contributed by atoms with E-state index in [-0.39, 0.29) is 22.6 Å². The van der Waals surface area contributed by atoms with Crippen LogP contribution in [0, 0.1) is 5.82 Å². The largest absolute Gasteiger partial charge is 0.379 e. The number of ether oxygens (including phenoxy) is 1. The van der Waals surface area contributed by atoms with Crippen LogP contribution in [0.5, 0.6) is 0 Å². The molecule has 9 nitrogen and oxygen atoms in total. The summed E-state index contributed by atoms with van der Waals surface area (Å²) in [5.74, 6) is -2.04. The van der Waals surface area contributed by atoms with E-state index in [4.69, 9.17) is 4.74 Å². The molecule has 2 amide bonds. The van der Waals surface area contributed by atoms with Gasteiger partial charge in [-0.05, 0) is 59.7 Å². The summed E-state index contributed by atoms with van der Waals surface area (Å²) >= 11 is 1.15. The number of hydrogen-bond acceptors (Lipinski definition) is 7. The van der Waals surface area contributed by atoms with Crippen molar-refractivity contribution in [3.63, 3.8) is 0 Å². The minimum atomic E-state index is -3.73. The van der Waals surface area contributed by atoms with Gasteiger partial charge in [0.1, 0.15) is 10.0 Å². The third-order valence-electron chi connectivity index (χ3n) is 6.86. The Morgan fingerprint density at radius 1 is 1.03 bits per heavy atom. The molecule has 1 saturated heterocycles. The Hall–Kier alpha value is -3.32. The molecule has 2 aliphatic rings. The maximum atomic E-state index is 13.5. The van der Waals surface area contributed by atoms with Gasteiger partial charge >= 0.3 is 11.8 Å². The summed E-state index contributed by atoms with van der Waals surface area (Å²) in [5.41, 5.74) is 2.50. The van der Waals surface area contributed by atoms with Gasteiger partial charge in [0.2, 0.25) is 0 Å². The summed E-state index contributed by atoms with van der Waals surface area (Å²) in [5, 5.41) is 7.01. The first-order valence-electron chi connectivity index (χ1n) is 12.7. The van der Waals surface area contributed by atoms with Crippen LogP contribution in [0.2, 0.25) is 0 Å². The number of amides is 2. The maximum Gasteiger partial charge on any atom is 0.313 e. The van der Waals surface area contributed by atoms with Gasteiger partial charge in [-0.1, -0.05) is 24.3 Å². The van der Waals surface area contributed by atoms with Gasteiger partial charge in [0.25, 0.3) is 10.0 Å². The van der Waals surface area contributed by atoms with E-state index in [2.05, 4.69) is 15.5 Å². The van der Waals surface area contributed by atoms with Crippen LogP contribution in [0.15, 0.2) is 64.2 Å². The second kappa shape index (κ2) is 11.8. The van der Waals surface area contributed by atoms with Crippen LogP contribution in [0.25, 0.3) is 0 Å². The smallest absolute Gasteiger partial charge is 0.313 e. The Balaban J connectivity index is 1.27. The van der Waals surface area contributed by atoms with Crippen LogP contribution >= 0.6 is 11.3 Å². The molecule has 5 rings (SSSR count). The molecular weight excluding hydrogens is 543 g/mol. The lowest BCUT2D eigenvalue weighted by Crippen LogP contribution is -2.45. The predicted molar refractivity (Wildman–Crippen MR) is 147 cm³/mol. The number of halogens is 1. The minimum Gasteiger partial charge on any atom is -0.379 e. The quantitative estimate of drug-likeness (QED) is 0.421. The summed E-state index contributed by atoms with van der Waals surface area (Å²) in [6.07, 6.45) is 1.40. The normalized spacial score (nSPS) is 16.8. The average Bonchev–Trinajstić information content (AvgIpc) is 3.50. The number of aryl methyl sites for hydroxylation is 1. The van der Waals surface area contributed by atoms with E-state index in [1.165, 1.54) is 16.4 Å². The van der Waals surface area contributed by atoms with Gasteiger partial charge in [-0.3, -0.25) is 18.8 Å². The first-order chi connectivity index (χ1) is 18.8. The third kappa shape index (κ3) is 6.14. The number of nitrogens with one attached hydrogen (secondary N) is 2. The van der Waals surface area contributed by atoms with Crippen LogP contribution in [0.1, 0.15) is 23.6 Å². The molecule has 2 aromatic carbocycles. The van der Waals surface area contributed by atoms with Crippen LogP contribution in [-0.2, 0) is 30.8 Å². The Morgan fingerprint density at radius 3 is 2.51 bits per heavy atom. The summed E-state index contributed by atoms with van der Waals surface area (Å²) in [6.45, 7) is 2.86. The second-order valence-corrected chi connectivity index (χ2v) is 12.4. The van der Waals surface area contributed by atoms with Crippen molar-refractivity contribution in [2.75, 3.05) is 49.0 Å². The van der Waals surface area contributed by atoms with Crippen molar-refractivity contribution in [2.45, 2.75) is 23.1 Å². The Morgan fingerprint density at radius 2 is 1.79 bits per heavy atom. The highest BCUT2D eigenvalue weighted by Gasteiger charge is 2.30. The van der Waals surface area contributed by atoms with Crippen molar-refractivity contribution in [1.82, 2.24) is 10.2 Å². The topological polar surface area (TPSA) is 108 Å². The zero-order valence-electron chi connectivity index (χ0n) is 21.1. The van der Waals surface area contributed by atoms with E-state index in [0.29, 0.717) is 57.1 Å². The number of nitrogens with zero attached hydrogens (tertiary/aromatic N) is 2. The van der Waals surface area contributed by atoms with Crippen LogP contribution in [-0.4, -0.2) is 64.5 Å². The number of hydrogen-bond donors (Lipinski definition) is 2. The third-order valence-corrected chi connectivity index (χ3v) is 10.0. The molecule has 0 aliphatic carbocycles. The molecule has 2 aliphatic heterocycles. The summed E-state index contributed by atoms with van der Waals surface area (Å²) in [7, 11) is -3.73. The van der Waals surface area contributed by atoms with Gasteiger partial charge in [-0.15, -0.1) is 11.3 Å². The second-order valence-electron chi connectivity index (χ2n) is 9.34. The number of fused-ring (bicyclic) bond motifs is 1. The van der Waals surface area contributed by atoms with Gasteiger partial charge < -0.3 is 15.4 Å². The maximum absolute atomic E-state index is 13.5. The number of sulfonamides is 1. The van der Waals surface area contributed by atoms with Gasteiger partial charge in [-0.25, -0.2) is 12.8 Å². The highest BCUT2D eigenvalue weighted by atomic mass is 32.2. The molecule has 1 unspecified atom stereocenters. The minimum absolute atomic E-state index is 0.148. The monoisotopic (exact) mass is 572 g/mol. The van der Waals surface area contributed by atoms with Gasteiger partial charge in [-0.2, -0.15) is 0 Å². The number of thiophene rings is 1. The molecule has 0 radical (unpaired) electrons. The number of anilines is 2. The molecule has 39 heavy (non-hydrogen) atoms. The molecule has 1 aromatic heterocycles. The molecule has 12 heteroatoms. The summed E-state index contributed by atoms with van der Waals surface area (Å²) in [4.78, 5) is 27.7. The predicted octanol–water partition coefficient (Wildman–Crippen LogP) is 3.16. The van der Waals surface area contributed by atoms with E-state index >= 15 is 0 Å². The van der Waals surface area contributed by atoms with Crippen LogP contribution in [0.4, 0.5) is 15.8 Å². The van der Waals surface area contributed by atoms with Crippen molar-refractivity contribution in [3.05, 3.63) is 76.9 Å². The number of benzene rings is 2. The zero-order chi connectivity index (χ0) is 27.4. The fourth-order valence-electron chi connectivity index (χ4n) is 4.88. The average molecular weight is 573 g/mol. The lowest BCUT2D eigenvalue weighted by atomic mass is 10.0. The van der Waals surface area contributed by atoms with Crippen molar-refractivity contribution < 1.29 is 27.1 Å². The molecular formula is C27H29FN4O5S2. The van der Waals surface area contributed by atoms with Crippen LogP contribution < -0.4 is 14.9 Å². The molecule has 0 saturated carbocycles. The molecule has 3 aromatic rings. The van der Waals surface area contributed by atoms with Gasteiger partial charge in [0.05, 0.1) is 24.9 Å². The van der Waals surface area contributed by atoms with E-state index < -0.39 is 21.8 Å². The fourth-order valence-corrected chi connectivity index (χ4v) is 7.51. The molecule has 0 bridgehead atoms. The van der Waals surface area contributed by atoms with Crippen molar-refractivity contribution in [1.29, 1.82) is 0 Å². The molecule has 1 atom stereocenters. The van der Waals surface area contributed by atoms with Gasteiger partial charge in [0, 0.05) is 31.9 Å². The van der Waals surface area contributed by atoms with Crippen molar-refractivity contribution >= 4 is 44.5 Å². The molecule has 1 fully saturated rings. The highest BCUT2D eigenvalue weighted by molar-refractivity contribution is 7.94. The Kier molecular flexibility index (Phi) is 8.26. The van der Waals surface area contributed by atoms with E-state index in [1.807, 2.05) is 0 Å². The highest BCUT2D eigenvalue weighted by Crippen LogP contribution is 2.35. The van der Waals surface area contributed by atoms with Gasteiger partial charge in [0.15, 0.2) is 0 Å². The Bertz CT molecular complexity index is 1420. The Labute approximate surface area is 230 Å². The van der Waals surface area contributed by atoms with Crippen molar-refractivity contribution in [3.8, 4) is 0 Å². The summed E-state index contributed by atoms with van der Waals surface area (Å²) in [6, 6.07) is 14.1. The molecule has 2 N–H and O–H groups in total. The SMILES string of the molecule is O=C(NCC(c1ccc(F)cc1)N1CCOCC1)C(=O)Nc1ccc2c(c1)N(S(=O)(=O)c1cccs1)CCC2. The van der Waals surface area contributed by atoms with Crippen LogP contribution in [0.3, 0.4) is 0 Å². The zero-order valence-corrected chi connectivity index (χ0v) is 22.8. The van der Waals surface area contributed by atoms with Crippen molar-refractivity contribution in [2.24, 2.45) is 0 Å². The lowest BCUT2D eigenvalue weighted by molar-refractivity contribution is -0.136. The summed E-state index contributed by atoms with van der Waals surface area (Å²) < 4.78 is 47.0. The number of carbonyl (C=O) groups is 2. The molecule has 0 spiro atoms. The molecule has 3 heterocycles. The number of morpholine rings is 1. The number of rotatable bonds is 7. The standard InChI is InChI=1S/C27H29FN4O5S2/c28-21-8-5-20(6-9-21)24(31-12-14-37-15-13-31)18-29-26(33)27(34)30-22-10-7-19-3-1-11-32(23(19)17-22)39(35,36)25-4-2-16-38-25/h2,4-10,16-17,24H,1,3,11-15,18H2,(H,29,33)(H,30,34). The first-order valence-corrected chi connectivity index (χ1v) is 15.0. The lowest BCUT2D eigenvalue weighted by Gasteiger charge is -2.34. The number of carbonyl (C=O) groups excluding carboxylic acids is 2. The first kappa shape index (κ1) is 27.3. The van der Waals surface area contributed by atoms with E-state index in [1.54, 1.807) is 47.8 Å². The molecule has 206 valence electrons.